The van der Waals surface area contributed by atoms with Crippen LogP contribution >= 0.6 is 0 Å². The molecule has 0 saturated heterocycles. The molecule has 0 aromatic heterocycles. The number of carbonyl (C=O) groups excluding carboxylic acids is 8. The fraction of sp³-hybridized carbons (Fsp3) is 0.200. The van der Waals surface area contributed by atoms with Crippen LogP contribution < -0.4 is 113 Å². The van der Waals surface area contributed by atoms with Gasteiger partial charge in [-0.2, -0.15) is 0 Å². The largest absolute Gasteiger partial charge is 1.00 e. The standard InChI is InChI=1S/4C6H4O2.6CH4.6Li.4H/c4*7-5-1-2-6(8)4-3-5;;;;;;;;;;;;;;;;/h4*1-4H;6*1H4;;;;;;;;;;/q;;;;;;;;;;6*+1;4*-1. The summed E-state index contributed by atoms with van der Waals surface area (Å²) in [4.78, 5) is 82.3. The second-order valence-corrected chi connectivity index (χ2v) is 5.89. The Labute approximate surface area is 342 Å². The summed E-state index contributed by atoms with van der Waals surface area (Å²) in [5.41, 5.74) is 0. The molecule has 0 spiro atoms. The van der Waals surface area contributed by atoms with Gasteiger partial charge in [0.05, 0.1) is 0 Å². The molecular weight excluding hydrogens is 530 g/mol. The molecule has 216 valence electrons. The summed E-state index contributed by atoms with van der Waals surface area (Å²) in [6.45, 7) is 0. The van der Waals surface area contributed by atoms with Crippen LogP contribution in [-0.4, -0.2) is 46.3 Å². The van der Waals surface area contributed by atoms with Gasteiger partial charge in [0.15, 0.2) is 46.3 Å². The van der Waals surface area contributed by atoms with Crippen molar-refractivity contribution in [2.24, 2.45) is 0 Å². The molecule has 14 heteroatoms. The van der Waals surface area contributed by atoms with Gasteiger partial charge in [0.1, 0.15) is 0 Å². The van der Waals surface area contributed by atoms with Crippen molar-refractivity contribution < 1.29 is 157 Å². The maximum Gasteiger partial charge on any atom is 1.00 e. The van der Waals surface area contributed by atoms with Crippen LogP contribution in [0.2, 0.25) is 0 Å². The smallest absolute Gasteiger partial charge is 1.00 e. The molecule has 44 heavy (non-hydrogen) atoms. The SMILES string of the molecule is C.C.C.C.C.C.O=C1C=CC(=O)C=C1.O=C1C=CC(=O)C=C1.O=C1C=CC(=O)C=C1.O=C1C=CC(=O)C=C1.[H-].[H-].[H-].[H-].[Li+].[Li+].[Li+].[Li+].[Li+].[Li+]. The van der Waals surface area contributed by atoms with Crippen LogP contribution in [0.4, 0.5) is 0 Å². The van der Waals surface area contributed by atoms with E-state index in [0.717, 1.165) is 0 Å². The van der Waals surface area contributed by atoms with E-state index in [1.807, 2.05) is 0 Å². The Bertz CT molecular complexity index is 818. The zero-order valence-electron chi connectivity index (χ0n) is 26.5. The molecule has 0 unspecified atom stereocenters. The van der Waals surface area contributed by atoms with Crippen LogP contribution in [0.15, 0.2) is 97.2 Å². The van der Waals surface area contributed by atoms with Gasteiger partial charge < -0.3 is 5.71 Å². The molecule has 0 bridgehead atoms. The first-order valence-electron chi connectivity index (χ1n) is 8.92. The molecule has 0 aromatic carbocycles. The summed E-state index contributed by atoms with van der Waals surface area (Å²) in [5.74, 6) is -0.966. The van der Waals surface area contributed by atoms with Gasteiger partial charge in [-0.25, -0.2) is 0 Å². The quantitative estimate of drug-likeness (QED) is 0.206. The average molecular weight is 574 g/mol. The minimum atomic E-state index is -0.121. The molecule has 0 aliphatic heterocycles. The van der Waals surface area contributed by atoms with Gasteiger partial charge in [-0.1, -0.05) is 44.6 Å². The fourth-order valence-electron chi connectivity index (χ4n) is 1.76. The van der Waals surface area contributed by atoms with Crippen LogP contribution in [-0.2, 0) is 38.4 Å². The number of allylic oxidation sites excluding steroid dienone is 16. The zero-order valence-corrected chi connectivity index (χ0v) is 22.5. The van der Waals surface area contributed by atoms with Gasteiger partial charge in [0, 0.05) is 0 Å². The van der Waals surface area contributed by atoms with E-state index < -0.39 is 0 Å². The first-order chi connectivity index (χ1) is 15.2. The van der Waals surface area contributed by atoms with E-state index in [1.165, 1.54) is 97.2 Å². The molecule has 0 atom stereocenters. The van der Waals surface area contributed by atoms with E-state index in [1.54, 1.807) is 0 Å². The van der Waals surface area contributed by atoms with Crippen molar-refractivity contribution in [3.05, 3.63) is 97.2 Å². The third-order valence-corrected chi connectivity index (χ3v) is 3.29. The van der Waals surface area contributed by atoms with E-state index in [4.69, 9.17) is 0 Å². The van der Waals surface area contributed by atoms with E-state index in [9.17, 15) is 38.4 Å². The molecule has 4 aliphatic rings. The summed E-state index contributed by atoms with van der Waals surface area (Å²) < 4.78 is 0. The molecule has 8 nitrogen and oxygen atoms in total. The van der Waals surface area contributed by atoms with Crippen molar-refractivity contribution in [3.63, 3.8) is 0 Å². The molecule has 4 rings (SSSR count). The molecule has 0 radical (unpaired) electrons. The minimum Gasteiger partial charge on any atom is -1.00 e. The van der Waals surface area contributed by atoms with Gasteiger partial charge in [0.25, 0.3) is 0 Å². The molecule has 0 amide bonds. The Balaban J connectivity index is -0.0000000183. The topological polar surface area (TPSA) is 137 Å². The summed E-state index contributed by atoms with van der Waals surface area (Å²) in [7, 11) is 0. The maximum absolute atomic E-state index is 10.3. The molecule has 0 aromatic rings. The van der Waals surface area contributed by atoms with Crippen LogP contribution in [0.5, 0.6) is 0 Å². The monoisotopic (exact) mass is 574 g/mol. The van der Waals surface area contributed by atoms with Crippen molar-refractivity contribution >= 4 is 46.3 Å². The minimum absolute atomic E-state index is 0. The molecular formula is C30H44Li6O8+2. The van der Waals surface area contributed by atoms with Crippen LogP contribution in [0.1, 0.15) is 50.3 Å². The predicted molar refractivity (Wildman–Crippen MR) is 158 cm³/mol. The molecule has 0 fully saturated rings. The van der Waals surface area contributed by atoms with Crippen molar-refractivity contribution in [1.29, 1.82) is 0 Å². The Morgan fingerprint density at radius 1 is 0.205 bits per heavy atom. The van der Waals surface area contributed by atoms with Crippen molar-refractivity contribution in [3.8, 4) is 0 Å². The van der Waals surface area contributed by atoms with Crippen LogP contribution in [0, 0.1) is 0 Å². The van der Waals surface area contributed by atoms with Crippen LogP contribution in [0.3, 0.4) is 0 Å². The summed E-state index contributed by atoms with van der Waals surface area (Å²) in [5, 5.41) is 0. The van der Waals surface area contributed by atoms with E-state index in [2.05, 4.69) is 0 Å². The number of hydrogen-bond donors (Lipinski definition) is 0. The normalized spacial score (nSPS) is 12.7. The molecule has 4 aliphatic carbocycles. The van der Waals surface area contributed by atoms with E-state index in [-0.39, 0.29) is 210 Å². The summed E-state index contributed by atoms with van der Waals surface area (Å²) in [6.07, 6.45) is 20.0. The van der Waals surface area contributed by atoms with E-state index in [0.29, 0.717) is 0 Å². The average Bonchev–Trinajstić information content (AvgIpc) is 2.78. The first-order valence-corrected chi connectivity index (χ1v) is 8.92. The Hall–Kier alpha value is -1.14. The van der Waals surface area contributed by atoms with Gasteiger partial charge in [0.2, 0.25) is 0 Å². The second kappa shape index (κ2) is 46.3. The first kappa shape index (κ1) is 78.9. The molecule has 0 saturated carbocycles. The van der Waals surface area contributed by atoms with Gasteiger partial charge in [-0.05, 0) is 97.2 Å². The fourth-order valence-corrected chi connectivity index (χ4v) is 1.76. The van der Waals surface area contributed by atoms with Crippen LogP contribution in [0.25, 0.3) is 0 Å². The number of hydrogen-bond acceptors (Lipinski definition) is 8. The third-order valence-electron chi connectivity index (χ3n) is 3.29. The molecule has 0 N–H and O–H groups in total. The van der Waals surface area contributed by atoms with Gasteiger partial charge >= 0.3 is 113 Å². The van der Waals surface area contributed by atoms with Gasteiger partial charge in [-0.3, -0.25) is 38.4 Å². The number of ketones is 8. The second-order valence-electron chi connectivity index (χ2n) is 5.89. The van der Waals surface area contributed by atoms with Gasteiger partial charge in [-0.15, -0.1) is 0 Å². The van der Waals surface area contributed by atoms with Crippen molar-refractivity contribution in [2.45, 2.75) is 44.6 Å². The Morgan fingerprint density at radius 2 is 0.250 bits per heavy atom. The maximum atomic E-state index is 10.3. The zero-order chi connectivity index (χ0) is 23.9. The summed E-state index contributed by atoms with van der Waals surface area (Å²) >= 11 is 0. The Kier molecular flexibility index (Phi) is 83.0. The number of rotatable bonds is 0. The van der Waals surface area contributed by atoms with E-state index >= 15 is 0 Å². The predicted octanol–water partition coefficient (Wildman–Crippen LogP) is -12.7. The van der Waals surface area contributed by atoms with Crippen molar-refractivity contribution in [1.82, 2.24) is 0 Å². The Morgan fingerprint density at radius 3 is 0.295 bits per heavy atom. The molecule has 0 heterocycles. The third kappa shape index (κ3) is 43.0. The summed E-state index contributed by atoms with van der Waals surface area (Å²) in [6, 6.07) is 0. The van der Waals surface area contributed by atoms with Crippen molar-refractivity contribution in [2.75, 3.05) is 0 Å². The number of carbonyl (C=O) groups is 8.